The Bertz CT molecular complexity index is 1380. The number of carbonyl (C=O) groups is 3. The molecule has 0 heterocycles. The van der Waals surface area contributed by atoms with Crippen molar-refractivity contribution in [3.8, 4) is 0 Å². The number of rotatable bonds is 66. The monoisotopic (exact) mass is 1120 g/mol. The number of ether oxygens (including phenoxy) is 3. The van der Waals surface area contributed by atoms with Crippen molar-refractivity contribution >= 4 is 17.9 Å². The number of allylic oxidation sites excluding steroid dienone is 8. The molecule has 0 aromatic rings. The molecule has 0 N–H and O–H groups in total. The Morgan fingerprint density at radius 2 is 0.487 bits per heavy atom. The van der Waals surface area contributed by atoms with Crippen LogP contribution in [0.25, 0.3) is 0 Å². The molecule has 0 spiro atoms. The lowest BCUT2D eigenvalue weighted by Crippen LogP contribution is -2.30. The topological polar surface area (TPSA) is 78.9 Å². The Labute approximate surface area is 498 Å². The Morgan fingerprint density at radius 1 is 0.263 bits per heavy atom. The highest BCUT2D eigenvalue weighted by Crippen LogP contribution is 2.19. The zero-order valence-corrected chi connectivity index (χ0v) is 53.9. The van der Waals surface area contributed by atoms with Gasteiger partial charge in [0.1, 0.15) is 13.2 Å². The van der Waals surface area contributed by atoms with Crippen molar-refractivity contribution < 1.29 is 28.6 Å². The van der Waals surface area contributed by atoms with Crippen LogP contribution in [0.3, 0.4) is 0 Å². The predicted molar refractivity (Wildman–Crippen MR) is 349 cm³/mol. The fourth-order valence-electron chi connectivity index (χ4n) is 10.8. The maximum atomic E-state index is 13.0. The molecule has 0 bridgehead atoms. The lowest BCUT2D eigenvalue weighted by molar-refractivity contribution is -0.167. The van der Waals surface area contributed by atoms with Crippen molar-refractivity contribution in [3.05, 3.63) is 48.6 Å². The van der Waals surface area contributed by atoms with Crippen LogP contribution in [0.1, 0.15) is 387 Å². The molecule has 0 rings (SSSR count). The molecule has 6 heteroatoms. The summed E-state index contributed by atoms with van der Waals surface area (Å²) >= 11 is 0. The Morgan fingerprint density at radius 3 is 0.762 bits per heavy atom. The summed E-state index contributed by atoms with van der Waals surface area (Å²) in [5.74, 6) is -0.848. The Balaban J connectivity index is 4.32. The summed E-state index contributed by atoms with van der Waals surface area (Å²) in [6.45, 7) is 6.61. The van der Waals surface area contributed by atoms with E-state index < -0.39 is 6.10 Å². The minimum Gasteiger partial charge on any atom is -0.462 e. The second-order valence-electron chi connectivity index (χ2n) is 24.1. The van der Waals surface area contributed by atoms with Crippen molar-refractivity contribution in [1.82, 2.24) is 0 Å². The molecular weight excluding hydrogens is 985 g/mol. The molecule has 0 aromatic heterocycles. The molecule has 468 valence electrons. The van der Waals surface area contributed by atoms with Gasteiger partial charge in [-0.1, -0.05) is 358 Å². The molecule has 6 nitrogen and oxygen atoms in total. The number of esters is 3. The highest BCUT2D eigenvalue weighted by atomic mass is 16.6. The van der Waals surface area contributed by atoms with E-state index in [2.05, 4.69) is 69.4 Å². The van der Waals surface area contributed by atoms with Crippen LogP contribution in [0.15, 0.2) is 48.6 Å². The standard InChI is InChI=1S/C74H136O6/c1-4-7-10-13-16-19-22-25-28-31-34-36-38-40-43-46-49-52-55-58-61-64-67-73(76)79-70-71(69-78-72(75)66-63-60-57-54-51-48-45-42-39-33-30-27-24-21-18-15-12-9-6-3)80-74(77)68-65-62-59-56-53-50-47-44-41-37-35-32-29-26-23-20-17-14-11-8-5-2/h8,11,17,20,26,29,35,37,71H,4-7,9-10,12-16,18-19,21-25,27-28,30-34,36,38-70H2,1-3H3/b11-8-,20-17-,29-26-,37-35-. The SMILES string of the molecule is CC/C=C\C/C=C\C/C=C\C/C=C\CCCCCCCCCCC(=O)OC(COC(=O)CCCCCCCCCCCCCCCCCCCCC)COC(=O)CCCCCCCCCCCCCCCCCCCCCCCC. The molecule has 1 atom stereocenters. The van der Waals surface area contributed by atoms with E-state index in [0.29, 0.717) is 19.3 Å². The second kappa shape index (κ2) is 68.9. The van der Waals surface area contributed by atoms with E-state index in [1.165, 1.54) is 257 Å². The van der Waals surface area contributed by atoms with Gasteiger partial charge in [0.25, 0.3) is 0 Å². The molecule has 1 unspecified atom stereocenters. The minimum atomic E-state index is -0.776. The van der Waals surface area contributed by atoms with Crippen LogP contribution in [0.5, 0.6) is 0 Å². The average Bonchev–Trinajstić information content (AvgIpc) is 3.46. The molecule has 0 saturated heterocycles. The van der Waals surface area contributed by atoms with E-state index >= 15 is 0 Å². The van der Waals surface area contributed by atoms with E-state index in [-0.39, 0.29) is 31.1 Å². The molecule has 0 radical (unpaired) electrons. The van der Waals surface area contributed by atoms with Gasteiger partial charge >= 0.3 is 17.9 Å². The smallest absolute Gasteiger partial charge is 0.306 e. The average molecular weight is 1120 g/mol. The number of carbonyl (C=O) groups excluding carboxylic acids is 3. The first kappa shape index (κ1) is 77.4. The molecule has 0 fully saturated rings. The molecule has 0 aromatic carbocycles. The van der Waals surface area contributed by atoms with Gasteiger partial charge in [0.15, 0.2) is 6.10 Å². The van der Waals surface area contributed by atoms with Gasteiger partial charge in [-0.2, -0.15) is 0 Å². The number of hydrogen-bond donors (Lipinski definition) is 0. The summed E-state index contributed by atoms with van der Waals surface area (Å²) in [6, 6.07) is 0. The van der Waals surface area contributed by atoms with Gasteiger partial charge in [-0.3, -0.25) is 14.4 Å². The zero-order chi connectivity index (χ0) is 57.8. The number of unbranched alkanes of at least 4 members (excludes halogenated alkanes) is 47. The molecule has 80 heavy (non-hydrogen) atoms. The molecule has 0 saturated carbocycles. The van der Waals surface area contributed by atoms with Crippen LogP contribution in [0.4, 0.5) is 0 Å². The summed E-state index contributed by atoms with van der Waals surface area (Å²) in [4.78, 5) is 38.5. The second-order valence-corrected chi connectivity index (χ2v) is 24.1. The van der Waals surface area contributed by atoms with E-state index in [4.69, 9.17) is 14.2 Å². The summed E-state index contributed by atoms with van der Waals surface area (Å²) in [7, 11) is 0. The maximum absolute atomic E-state index is 13.0. The van der Waals surface area contributed by atoms with Gasteiger partial charge in [0.2, 0.25) is 0 Å². The number of hydrogen-bond acceptors (Lipinski definition) is 6. The lowest BCUT2D eigenvalue weighted by atomic mass is 10.0. The summed E-state index contributed by atoms with van der Waals surface area (Å²) in [5, 5.41) is 0. The van der Waals surface area contributed by atoms with E-state index in [0.717, 1.165) is 89.9 Å². The third-order valence-electron chi connectivity index (χ3n) is 16.1. The third-order valence-corrected chi connectivity index (χ3v) is 16.1. The Kier molecular flexibility index (Phi) is 66.6. The normalized spacial score (nSPS) is 12.3. The minimum absolute atomic E-state index is 0.0707. The largest absolute Gasteiger partial charge is 0.462 e. The van der Waals surface area contributed by atoms with Crippen molar-refractivity contribution in [2.45, 2.75) is 393 Å². The first-order chi connectivity index (χ1) is 39.5. The predicted octanol–water partition coefficient (Wildman–Crippen LogP) is 24.5. The van der Waals surface area contributed by atoms with Crippen LogP contribution < -0.4 is 0 Å². The van der Waals surface area contributed by atoms with Crippen LogP contribution in [-0.4, -0.2) is 37.2 Å². The van der Waals surface area contributed by atoms with Crippen LogP contribution in [0.2, 0.25) is 0 Å². The van der Waals surface area contributed by atoms with Gasteiger partial charge in [-0.15, -0.1) is 0 Å². The highest BCUT2D eigenvalue weighted by molar-refractivity contribution is 5.71. The van der Waals surface area contributed by atoms with Crippen LogP contribution in [0, 0.1) is 0 Å². The lowest BCUT2D eigenvalue weighted by Gasteiger charge is -2.18. The van der Waals surface area contributed by atoms with Crippen molar-refractivity contribution in [2.75, 3.05) is 13.2 Å². The summed E-state index contributed by atoms with van der Waals surface area (Å²) in [6.07, 6.45) is 87.1. The quantitative estimate of drug-likeness (QED) is 0.0261. The third kappa shape index (κ3) is 66.2. The first-order valence-electron chi connectivity index (χ1n) is 35.6. The fraction of sp³-hybridized carbons (Fsp3) is 0.851. The van der Waals surface area contributed by atoms with E-state index in [1.54, 1.807) is 0 Å². The van der Waals surface area contributed by atoms with E-state index in [1.807, 2.05) is 0 Å². The first-order valence-corrected chi connectivity index (χ1v) is 35.6. The summed E-state index contributed by atoms with van der Waals surface area (Å²) in [5.41, 5.74) is 0. The van der Waals surface area contributed by atoms with Crippen molar-refractivity contribution in [2.24, 2.45) is 0 Å². The maximum Gasteiger partial charge on any atom is 0.306 e. The fourth-order valence-corrected chi connectivity index (χ4v) is 10.8. The van der Waals surface area contributed by atoms with E-state index in [9.17, 15) is 14.4 Å². The van der Waals surface area contributed by atoms with Crippen molar-refractivity contribution in [3.63, 3.8) is 0 Å². The van der Waals surface area contributed by atoms with Gasteiger partial charge in [0.05, 0.1) is 0 Å². The molecule has 0 aliphatic rings. The highest BCUT2D eigenvalue weighted by Gasteiger charge is 2.19. The zero-order valence-electron chi connectivity index (χ0n) is 53.9. The van der Waals surface area contributed by atoms with Crippen LogP contribution >= 0.6 is 0 Å². The van der Waals surface area contributed by atoms with Gasteiger partial charge < -0.3 is 14.2 Å². The van der Waals surface area contributed by atoms with Crippen molar-refractivity contribution in [1.29, 1.82) is 0 Å². The van der Waals surface area contributed by atoms with Gasteiger partial charge in [0, 0.05) is 19.3 Å². The summed E-state index contributed by atoms with van der Waals surface area (Å²) < 4.78 is 17.0. The molecule has 0 aliphatic carbocycles. The van der Waals surface area contributed by atoms with Gasteiger partial charge in [-0.25, -0.2) is 0 Å². The van der Waals surface area contributed by atoms with Gasteiger partial charge in [-0.05, 0) is 57.8 Å². The molecule has 0 aliphatic heterocycles. The van der Waals surface area contributed by atoms with Crippen LogP contribution in [-0.2, 0) is 28.6 Å². The Hall–Kier alpha value is -2.63. The molecular formula is C74H136O6. The molecule has 0 amide bonds.